The van der Waals surface area contributed by atoms with Gasteiger partial charge in [-0.05, 0) is 19.4 Å². The Morgan fingerprint density at radius 2 is 2.05 bits per heavy atom. The maximum absolute atomic E-state index is 5.98. The summed E-state index contributed by atoms with van der Waals surface area (Å²) in [7, 11) is 0. The maximum Gasteiger partial charge on any atom is 0.248 e. The highest BCUT2D eigenvalue weighted by Crippen LogP contribution is 2.32. The van der Waals surface area contributed by atoms with Crippen LogP contribution in [-0.2, 0) is 13.2 Å². The second kappa shape index (κ2) is 5.83. The Morgan fingerprint density at radius 1 is 1.24 bits per heavy atom. The fourth-order valence-corrected chi connectivity index (χ4v) is 2.24. The minimum absolute atomic E-state index is 0.491. The van der Waals surface area contributed by atoms with E-state index in [1.54, 1.807) is 12.5 Å². The summed E-state index contributed by atoms with van der Waals surface area (Å²) in [4.78, 5) is 4.22. The van der Waals surface area contributed by atoms with Crippen LogP contribution in [0.1, 0.15) is 18.2 Å². The van der Waals surface area contributed by atoms with E-state index in [0.29, 0.717) is 12.5 Å². The second-order valence-electron chi connectivity index (χ2n) is 4.69. The van der Waals surface area contributed by atoms with Crippen LogP contribution in [0.4, 0.5) is 0 Å². The fourth-order valence-electron chi connectivity index (χ4n) is 2.24. The quantitative estimate of drug-likeness (QED) is 0.719. The minimum atomic E-state index is 0.491. The Morgan fingerprint density at radius 3 is 2.71 bits per heavy atom. The molecular formula is C16H17N3O2. The topological polar surface area (TPSA) is 53.1 Å². The van der Waals surface area contributed by atoms with Gasteiger partial charge in [0.1, 0.15) is 18.6 Å². The SMILES string of the molecule is CCn1nc(C)c(OCc2ccccc2)c1-c1ncco1. The predicted octanol–water partition coefficient (Wildman–Crippen LogP) is 3.45. The normalized spacial score (nSPS) is 10.8. The summed E-state index contributed by atoms with van der Waals surface area (Å²) in [6.45, 7) is 5.18. The molecule has 1 aromatic carbocycles. The lowest BCUT2D eigenvalue weighted by Crippen LogP contribution is -2.01. The Hall–Kier alpha value is -2.56. The number of hydrogen-bond donors (Lipinski definition) is 0. The number of benzene rings is 1. The van der Waals surface area contributed by atoms with E-state index in [1.807, 2.05) is 48.9 Å². The van der Waals surface area contributed by atoms with Crippen LogP contribution < -0.4 is 4.74 Å². The molecule has 0 radical (unpaired) electrons. The van der Waals surface area contributed by atoms with E-state index in [1.165, 1.54) is 0 Å². The van der Waals surface area contributed by atoms with E-state index in [9.17, 15) is 0 Å². The first-order valence-corrected chi connectivity index (χ1v) is 6.93. The molecule has 5 heteroatoms. The zero-order chi connectivity index (χ0) is 14.7. The second-order valence-corrected chi connectivity index (χ2v) is 4.69. The first-order chi connectivity index (χ1) is 10.3. The van der Waals surface area contributed by atoms with Gasteiger partial charge < -0.3 is 9.15 Å². The smallest absolute Gasteiger partial charge is 0.248 e. The molecule has 3 aromatic rings. The van der Waals surface area contributed by atoms with Crippen LogP contribution in [-0.4, -0.2) is 14.8 Å². The molecule has 0 fully saturated rings. The minimum Gasteiger partial charge on any atom is -0.484 e. The van der Waals surface area contributed by atoms with Gasteiger partial charge in [0.25, 0.3) is 0 Å². The van der Waals surface area contributed by atoms with E-state index in [4.69, 9.17) is 9.15 Å². The van der Waals surface area contributed by atoms with Crippen molar-refractivity contribution in [1.82, 2.24) is 14.8 Å². The first kappa shape index (κ1) is 13.4. The monoisotopic (exact) mass is 283 g/mol. The molecule has 0 unspecified atom stereocenters. The number of nitrogens with zero attached hydrogens (tertiary/aromatic N) is 3. The van der Waals surface area contributed by atoms with Gasteiger partial charge in [-0.3, -0.25) is 4.68 Å². The third-order valence-corrected chi connectivity index (χ3v) is 3.23. The highest BCUT2D eigenvalue weighted by Gasteiger charge is 2.21. The average Bonchev–Trinajstić information content (AvgIpc) is 3.13. The van der Waals surface area contributed by atoms with Gasteiger partial charge in [-0.15, -0.1) is 0 Å². The van der Waals surface area contributed by atoms with Gasteiger partial charge >= 0.3 is 0 Å². The summed E-state index contributed by atoms with van der Waals surface area (Å²) in [6, 6.07) is 10.0. The zero-order valence-electron chi connectivity index (χ0n) is 12.1. The average molecular weight is 283 g/mol. The Kier molecular flexibility index (Phi) is 3.73. The van der Waals surface area contributed by atoms with Crippen molar-refractivity contribution in [3.8, 4) is 17.3 Å². The highest BCUT2D eigenvalue weighted by molar-refractivity contribution is 5.60. The molecule has 0 bridgehead atoms. The fraction of sp³-hybridized carbons (Fsp3) is 0.250. The van der Waals surface area contributed by atoms with E-state index in [2.05, 4.69) is 10.1 Å². The van der Waals surface area contributed by atoms with Crippen molar-refractivity contribution in [3.63, 3.8) is 0 Å². The largest absolute Gasteiger partial charge is 0.484 e. The van der Waals surface area contributed by atoms with Crippen LogP contribution >= 0.6 is 0 Å². The molecule has 0 saturated carbocycles. The van der Waals surface area contributed by atoms with Crippen LogP contribution in [0, 0.1) is 6.92 Å². The van der Waals surface area contributed by atoms with Crippen LogP contribution in [0.3, 0.4) is 0 Å². The van der Waals surface area contributed by atoms with Gasteiger partial charge in [0.15, 0.2) is 11.4 Å². The first-order valence-electron chi connectivity index (χ1n) is 6.93. The predicted molar refractivity (Wildman–Crippen MR) is 78.9 cm³/mol. The lowest BCUT2D eigenvalue weighted by atomic mass is 10.2. The van der Waals surface area contributed by atoms with Crippen LogP contribution in [0.15, 0.2) is 47.2 Å². The molecule has 0 aliphatic carbocycles. The third-order valence-electron chi connectivity index (χ3n) is 3.23. The van der Waals surface area contributed by atoms with E-state index < -0.39 is 0 Å². The lowest BCUT2D eigenvalue weighted by molar-refractivity contribution is 0.304. The summed E-state index contributed by atoms with van der Waals surface area (Å²) in [5.41, 5.74) is 2.73. The molecule has 0 N–H and O–H groups in total. The number of hydrogen-bond acceptors (Lipinski definition) is 4. The van der Waals surface area contributed by atoms with Gasteiger partial charge in [0, 0.05) is 6.54 Å². The van der Waals surface area contributed by atoms with Gasteiger partial charge in [-0.1, -0.05) is 30.3 Å². The van der Waals surface area contributed by atoms with Crippen molar-refractivity contribution in [2.45, 2.75) is 27.0 Å². The molecule has 5 nitrogen and oxygen atoms in total. The number of oxazole rings is 1. The molecule has 2 heterocycles. The maximum atomic E-state index is 5.98. The number of ether oxygens (including phenoxy) is 1. The van der Waals surface area contributed by atoms with Crippen LogP contribution in [0.25, 0.3) is 11.6 Å². The van der Waals surface area contributed by atoms with Crippen molar-refractivity contribution in [2.75, 3.05) is 0 Å². The van der Waals surface area contributed by atoms with Crippen molar-refractivity contribution in [2.24, 2.45) is 0 Å². The summed E-state index contributed by atoms with van der Waals surface area (Å²) in [5.74, 6) is 1.25. The summed E-state index contributed by atoms with van der Waals surface area (Å²) >= 11 is 0. The Balaban J connectivity index is 1.92. The molecule has 108 valence electrons. The summed E-state index contributed by atoms with van der Waals surface area (Å²) in [6.07, 6.45) is 3.18. The van der Waals surface area contributed by atoms with Crippen LogP contribution in [0.2, 0.25) is 0 Å². The summed E-state index contributed by atoms with van der Waals surface area (Å²) in [5, 5.41) is 4.49. The molecule has 0 atom stereocenters. The third kappa shape index (κ3) is 2.67. The molecule has 0 amide bonds. The van der Waals surface area contributed by atoms with Gasteiger partial charge in [0.2, 0.25) is 5.89 Å². The van der Waals surface area contributed by atoms with Crippen LogP contribution in [0.5, 0.6) is 5.75 Å². The lowest BCUT2D eigenvalue weighted by Gasteiger charge is -2.07. The van der Waals surface area contributed by atoms with Gasteiger partial charge in [-0.25, -0.2) is 4.98 Å². The molecule has 0 aliphatic rings. The van der Waals surface area contributed by atoms with Gasteiger partial charge in [-0.2, -0.15) is 5.10 Å². The molecular weight excluding hydrogens is 266 g/mol. The number of rotatable bonds is 5. The molecule has 0 aliphatic heterocycles. The van der Waals surface area contributed by atoms with Crippen molar-refractivity contribution in [1.29, 1.82) is 0 Å². The Labute approximate surface area is 123 Å². The summed E-state index contributed by atoms with van der Waals surface area (Å²) < 4.78 is 13.2. The van der Waals surface area contributed by atoms with Crippen molar-refractivity contribution >= 4 is 0 Å². The van der Waals surface area contributed by atoms with Crippen molar-refractivity contribution in [3.05, 3.63) is 54.0 Å². The molecule has 0 spiro atoms. The van der Waals surface area contributed by atoms with Gasteiger partial charge in [0.05, 0.1) is 6.20 Å². The van der Waals surface area contributed by atoms with E-state index in [0.717, 1.165) is 29.2 Å². The highest BCUT2D eigenvalue weighted by atomic mass is 16.5. The molecule has 21 heavy (non-hydrogen) atoms. The van der Waals surface area contributed by atoms with Crippen molar-refractivity contribution < 1.29 is 9.15 Å². The molecule has 3 rings (SSSR count). The Bertz CT molecular complexity index is 703. The molecule has 0 saturated heterocycles. The van der Waals surface area contributed by atoms with E-state index >= 15 is 0 Å². The number of aryl methyl sites for hydroxylation is 2. The van der Waals surface area contributed by atoms with E-state index in [-0.39, 0.29) is 0 Å². The zero-order valence-corrected chi connectivity index (χ0v) is 12.1. The number of aromatic nitrogens is 3. The molecule has 2 aromatic heterocycles. The standard InChI is InChI=1S/C16H17N3O2/c1-3-19-14(16-17-9-10-20-16)15(12(2)18-19)21-11-13-7-5-4-6-8-13/h4-10H,3,11H2,1-2H3.